The minimum atomic E-state index is -0.190. The van der Waals surface area contributed by atoms with Crippen LogP contribution < -0.4 is 10.6 Å². The van der Waals surface area contributed by atoms with E-state index in [0.717, 1.165) is 4.88 Å². The topological polar surface area (TPSA) is 58.2 Å². The summed E-state index contributed by atoms with van der Waals surface area (Å²) >= 11 is 1.53. The van der Waals surface area contributed by atoms with Gasteiger partial charge in [-0.1, -0.05) is 6.07 Å². The van der Waals surface area contributed by atoms with Gasteiger partial charge in [-0.15, -0.1) is 11.3 Å². The molecule has 4 nitrogen and oxygen atoms in total. The van der Waals surface area contributed by atoms with Crippen LogP contribution in [0.4, 0.5) is 0 Å². The number of amides is 2. The summed E-state index contributed by atoms with van der Waals surface area (Å²) < 4.78 is 0. The van der Waals surface area contributed by atoms with Gasteiger partial charge in [0.05, 0.1) is 13.0 Å². The van der Waals surface area contributed by atoms with E-state index in [1.165, 1.54) is 18.4 Å². The summed E-state index contributed by atoms with van der Waals surface area (Å²) in [7, 11) is 1.54. The lowest BCUT2D eigenvalue weighted by Gasteiger charge is -2.02. The molecule has 1 heterocycles. The Kier molecular flexibility index (Phi) is 4.12. The lowest BCUT2D eigenvalue weighted by molar-refractivity contribution is -0.125. The Balaban J connectivity index is 2.26. The molecule has 1 aromatic heterocycles. The zero-order chi connectivity index (χ0) is 10.4. The highest BCUT2D eigenvalue weighted by Crippen LogP contribution is 2.08. The maximum Gasteiger partial charge on any atom is 0.239 e. The molecule has 0 aromatic carbocycles. The van der Waals surface area contributed by atoms with Crippen LogP contribution >= 0.6 is 11.3 Å². The zero-order valence-electron chi connectivity index (χ0n) is 7.87. The molecule has 0 aliphatic carbocycles. The summed E-state index contributed by atoms with van der Waals surface area (Å²) in [5.74, 6) is -0.319. The summed E-state index contributed by atoms with van der Waals surface area (Å²) in [6, 6.07) is 3.79. The number of carbonyl (C=O) groups excluding carboxylic acids is 2. The molecule has 0 spiro atoms. The molecule has 0 radical (unpaired) electrons. The van der Waals surface area contributed by atoms with Crippen molar-refractivity contribution in [3.05, 3.63) is 22.4 Å². The SMILES string of the molecule is CNC(=O)CNC(=O)Cc1cccs1. The molecule has 0 fully saturated rings. The molecule has 0 unspecified atom stereocenters. The van der Waals surface area contributed by atoms with Crippen LogP contribution in [0.5, 0.6) is 0 Å². The van der Waals surface area contributed by atoms with E-state index in [0.29, 0.717) is 6.42 Å². The van der Waals surface area contributed by atoms with Crippen molar-refractivity contribution in [3.63, 3.8) is 0 Å². The molecule has 0 bridgehead atoms. The van der Waals surface area contributed by atoms with E-state index in [4.69, 9.17) is 0 Å². The van der Waals surface area contributed by atoms with Crippen LogP contribution in [0.25, 0.3) is 0 Å². The predicted molar refractivity (Wildman–Crippen MR) is 55.1 cm³/mol. The van der Waals surface area contributed by atoms with Crippen molar-refractivity contribution in [2.75, 3.05) is 13.6 Å². The summed E-state index contributed by atoms with van der Waals surface area (Å²) in [4.78, 5) is 23.0. The molecule has 0 aliphatic rings. The molecule has 1 rings (SSSR count). The van der Waals surface area contributed by atoms with Crippen LogP contribution in [0.3, 0.4) is 0 Å². The second-order valence-corrected chi connectivity index (χ2v) is 3.74. The van der Waals surface area contributed by atoms with Crippen LogP contribution in [0.15, 0.2) is 17.5 Å². The van der Waals surface area contributed by atoms with Crippen LogP contribution in [0.2, 0.25) is 0 Å². The number of nitrogens with one attached hydrogen (secondary N) is 2. The molecule has 14 heavy (non-hydrogen) atoms. The first-order chi connectivity index (χ1) is 6.72. The minimum absolute atomic E-state index is 0.0424. The molecule has 0 atom stereocenters. The van der Waals surface area contributed by atoms with Crippen molar-refractivity contribution in [2.45, 2.75) is 6.42 Å². The van der Waals surface area contributed by atoms with E-state index in [1.54, 1.807) is 0 Å². The van der Waals surface area contributed by atoms with Crippen molar-refractivity contribution in [2.24, 2.45) is 0 Å². The van der Waals surface area contributed by atoms with Gasteiger partial charge in [0.15, 0.2) is 0 Å². The fraction of sp³-hybridized carbons (Fsp3) is 0.333. The van der Waals surface area contributed by atoms with Crippen molar-refractivity contribution < 1.29 is 9.59 Å². The minimum Gasteiger partial charge on any atom is -0.358 e. The number of carbonyl (C=O) groups is 2. The quantitative estimate of drug-likeness (QED) is 0.746. The van der Waals surface area contributed by atoms with Gasteiger partial charge in [-0.3, -0.25) is 9.59 Å². The molecule has 0 aliphatic heterocycles. The third-order valence-electron chi connectivity index (χ3n) is 1.64. The van der Waals surface area contributed by atoms with Crippen LogP contribution in [0.1, 0.15) is 4.88 Å². The van der Waals surface area contributed by atoms with Gasteiger partial charge in [0, 0.05) is 11.9 Å². The molecule has 1 aromatic rings. The number of likely N-dealkylation sites (N-methyl/N-ethyl adjacent to an activating group) is 1. The Labute approximate surface area is 86.3 Å². The molecule has 0 saturated heterocycles. The molecule has 2 N–H and O–H groups in total. The normalized spacial score (nSPS) is 9.50. The second-order valence-electron chi connectivity index (χ2n) is 2.71. The Bertz CT molecular complexity index is 309. The first-order valence-electron chi connectivity index (χ1n) is 4.22. The lowest BCUT2D eigenvalue weighted by Crippen LogP contribution is -2.35. The first kappa shape index (κ1) is 10.7. The third kappa shape index (κ3) is 3.57. The molecular formula is C9H12N2O2S. The average molecular weight is 212 g/mol. The highest BCUT2D eigenvalue weighted by molar-refractivity contribution is 7.10. The number of thiophene rings is 1. The third-order valence-corrected chi connectivity index (χ3v) is 2.52. The van der Waals surface area contributed by atoms with Crippen molar-refractivity contribution in [3.8, 4) is 0 Å². The van der Waals surface area contributed by atoms with Crippen molar-refractivity contribution >= 4 is 23.2 Å². The van der Waals surface area contributed by atoms with E-state index in [-0.39, 0.29) is 18.4 Å². The lowest BCUT2D eigenvalue weighted by atomic mass is 10.3. The van der Waals surface area contributed by atoms with Gasteiger partial charge < -0.3 is 10.6 Å². The van der Waals surface area contributed by atoms with Gasteiger partial charge in [0.1, 0.15) is 0 Å². The Morgan fingerprint density at radius 1 is 1.43 bits per heavy atom. The summed E-state index contributed by atoms with van der Waals surface area (Å²) in [5.41, 5.74) is 0. The largest absolute Gasteiger partial charge is 0.358 e. The van der Waals surface area contributed by atoms with Crippen molar-refractivity contribution in [1.82, 2.24) is 10.6 Å². The summed E-state index contributed by atoms with van der Waals surface area (Å²) in [6.45, 7) is 0.0424. The summed E-state index contributed by atoms with van der Waals surface area (Å²) in [5, 5.41) is 6.87. The van der Waals surface area contributed by atoms with Crippen LogP contribution in [0, 0.1) is 0 Å². The van der Waals surface area contributed by atoms with Crippen LogP contribution in [-0.4, -0.2) is 25.4 Å². The van der Waals surface area contributed by atoms with Gasteiger partial charge in [-0.25, -0.2) is 0 Å². The van der Waals surface area contributed by atoms with E-state index < -0.39 is 0 Å². The molecule has 0 saturated carbocycles. The maximum atomic E-state index is 11.2. The number of hydrogen-bond donors (Lipinski definition) is 2. The van der Waals surface area contributed by atoms with E-state index >= 15 is 0 Å². The fourth-order valence-electron chi connectivity index (χ4n) is 0.901. The van der Waals surface area contributed by atoms with Crippen LogP contribution in [-0.2, 0) is 16.0 Å². The van der Waals surface area contributed by atoms with Gasteiger partial charge in [0.2, 0.25) is 11.8 Å². The highest BCUT2D eigenvalue weighted by atomic mass is 32.1. The molecule has 2 amide bonds. The zero-order valence-corrected chi connectivity index (χ0v) is 8.69. The Morgan fingerprint density at radius 3 is 2.79 bits per heavy atom. The van der Waals surface area contributed by atoms with Gasteiger partial charge in [0.25, 0.3) is 0 Å². The fourth-order valence-corrected chi connectivity index (χ4v) is 1.60. The number of rotatable bonds is 4. The van der Waals surface area contributed by atoms with Gasteiger partial charge >= 0.3 is 0 Å². The van der Waals surface area contributed by atoms with E-state index in [1.807, 2.05) is 17.5 Å². The first-order valence-corrected chi connectivity index (χ1v) is 5.10. The smallest absolute Gasteiger partial charge is 0.239 e. The Morgan fingerprint density at radius 2 is 2.21 bits per heavy atom. The predicted octanol–water partition coefficient (Wildman–Crippen LogP) is 0.153. The molecule has 76 valence electrons. The second kappa shape index (κ2) is 5.39. The van der Waals surface area contributed by atoms with Crippen molar-refractivity contribution in [1.29, 1.82) is 0 Å². The average Bonchev–Trinajstić information content (AvgIpc) is 2.66. The maximum absolute atomic E-state index is 11.2. The standard InChI is InChI=1S/C9H12N2O2S/c1-10-9(13)6-11-8(12)5-7-3-2-4-14-7/h2-4H,5-6H2,1H3,(H,10,13)(H,11,12). The highest BCUT2D eigenvalue weighted by Gasteiger charge is 2.05. The summed E-state index contributed by atoms with van der Waals surface area (Å²) in [6.07, 6.45) is 0.342. The monoisotopic (exact) mass is 212 g/mol. The molecular weight excluding hydrogens is 200 g/mol. The van der Waals surface area contributed by atoms with E-state index in [2.05, 4.69) is 10.6 Å². The number of hydrogen-bond acceptors (Lipinski definition) is 3. The Hall–Kier alpha value is -1.36. The van der Waals surface area contributed by atoms with E-state index in [9.17, 15) is 9.59 Å². The van der Waals surface area contributed by atoms with Gasteiger partial charge in [-0.05, 0) is 11.4 Å². The molecule has 5 heteroatoms. The van der Waals surface area contributed by atoms with Gasteiger partial charge in [-0.2, -0.15) is 0 Å².